The summed E-state index contributed by atoms with van der Waals surface area (Å²) in [7, 11) is 0. The SMILES string of the molecule is CC(=O)C[C@@H](Cc1ccc(O)cc1)C(=O)N[C@H](CC(C)C)C(=O)N[C@@H](CC(N)=O)C(=O)NCCOCCN=[N+]=[N-]. The van der Waals surface area contributed by atoms with Crippen LogP contribution in [-0.2, 0) is 35.1 Å². The summed E-state index contributed by atoms with van der Waals surface area (Å²) in [5.41, 5.74) is 14.3. The first-order valence-corrected chi connectivity index (χ1v) is 13.0. The van der Waals surface area contributed by atoms with Gasteiger partial charge in [0, 0.05) is 30.3 Å². The van der Waals surface area contributed by atoms with Crippen molar-refractivity contribution in [3.8, 4) is 5.75 Å². The highest BCUT2D eigenvalue weighted by atomic mass is 16.5. The van der Waals surface area contributed by atoms with E-state index in [0.29, 0.717) is 0 Å². The highest BCUT2D eigenvalue weighted by Gasteiger charge is 2.30. The summed E-state index contributed by atoms with van der Waals surface area (Å²) in [6.45, 7) is 5.54. The first kappa shape index (κ1) is 33.9. The molecule has 14 heteroatoms. The number of carbonyl (C=O) groups is 5. The van der Waals surface area contributed by atoms with Gasteiger partial charge in [-0.25, -0.2) is 0 Å². The van der Waals surface area contributed by atoms with E-state index >= 15 is 0 Å². The number of azide groups is 1. The quantitative estimate of drug-likeness (QED) is 0.0707. The van der Waals surface area contributed by atoms with Gasteiger partial charge in [-0.2, -0.15) is 0 Å². The van der Waals surface area contributed by atoms with Crippen LogP contribution in [-0.4, -0.2) is 72.9 Å². The van der Waals surface area contributed by atoms with Gasteiger partial charge in [-0.1, -0.05) is 31.1 Å². The second kappa shape index (κ2) is 18.2. The molecule has 0 aliphatic carbocycles. The lowest BCUT2D eigenvalue weighted by Crippen LogP contribution is -2.55. The number of hydrogen-bond donors (Lipinski definition) is 5. The molecule has 0 aliphatic heterocycles. The number of amides is 4. The third kappa shape index (κ3) is 14.1. The van der Waals surface area contributed by atoms with Crippen molar-refractivity contribution in [2.45, 2.75) is 58.5 Å². The Morgan fingerprint density at radius 1 is 1.00 bits per heavy atom. The van der Waals surface area contributed by atoms with Crippen LogP contribution in [0.5, 0.6) is 5.75 Å². The Kier molecular flexibility index (Phi) is 15.4. The zero-order chi connectivity index (χ0) is 30.1. The maximum absolute atomic E-state index is 13.2. The molecule has 14 nitrogen and oxygen atoms in total. The fourth-order valence-electron chi connectivity index (χ4n) is 3.82. The van der Waals surface area contributed by atoms with Crippen LogP contribution in [0.2, 0.25) is 0 Å². The van der Waals surface area contributed by atoms with Gasteiger partial charge in [-0.05, 0) is 48.9 Å². The fourth-order valence-corrected chi connectivity index (χ4v) is 3.82. The normalized spacial score (nSPS) is 12.9. The molecule has 0 heterocycles. The fraction of sp³-hybridized carbons (Fsp3) is 0.577. The highest BCUT2D eigenvalue weighted by molar-refractivity contribution is 5.95. The lowest BCUT2D eigenvalue weighted by molar-refractivity contribution is -0.135. The van der Waals surface area contributed by atoms with Crippen molar-refractivity contribution >= 4 is 29.4 Å². The van der Waals surface area contributed by atoms with E-state index in [1.807, 2.05) is 13.8 Å². The number of primary amides is 1. The Labute approximate surface area is 233 Å². The van der Waals surface area contributed by atoms with Crippen molar-refractivity contribution in [1.29, 1.82) is 0 Å². The molecule has 0 unspecified atom stereocenters. The van der Waals surface area contributed by atoms with E-state index in [0.717, 1.165) is 5.56 Å². The van der Waals surface area contributed by atoms with E-state index in [-0.39, 0.29) is 63.0 Å². The molecule has 0 spiro atoms. The van der Waals surface area contributed by atoms with Gasteiger partial charge in [-0.3, -0.25) is 19.2 Å². The van der Waals surface area contributed by atoms with Crippen molar-refractivity contribution in [2.24, 2.45) is 22.7 Å². The van der Waals surface area contributed by atoms with Crippen LogP contribution in [0, 0.1) is 11.8 Å². The van der Waals surface area contributed by atoms with Crippen LogP contribution >= 0.6 is 0 Å². The zero-order valence-electron chi connectivity index (χ0n) is 23.1. The number of phenolic OH excluding ortho intramolecular Hbond substituents is 1. The van der Waals surface area contributed by atoms with Crippen molar-refractivity contribution in [1.82, 2.24) is 16.0 Å². The largest absolute Gasteiger partial charge is 0.508 e. The topological polar surface area (TPSA) is 226 Å². The monoisotopic (exact) mass is 561 g/mol. The summed E-state index contributed by atoms with van der Waals surface area (Å²) >= 11 is 0. The van der Waals surface area contributed by atoms with Gasteiger partial charge in [0.2, 0.25) is 23.6 Å². The second-order valence-electron chi connectivity index (χ2n) is 9.75. The molecule has 4 amide bonds. The summed E-state index contributed by atoms with van der Waals surface area (Å²) in [5.74, 6) is -3.61. The van der Waals surface area contributed by atoms with E-state index in [1.54, 1.807) is 12.1 Å². The number of benzene rings is 1. The van der Waals surface area contributed by atoms with Gasteiger partial charge < -0.3 is 36.3 Å². The van der Waals surface area contributed by atoms with E-state index < -0.39 is 48.1 Å². The summed E-state index contributed by atoms with van der Waals surface area (Å²) in [5, 5.41) is 20.6. The molecule has 1 rings (SSSR count). The van der Waals surface area contributed by atoms with Gasteiger partial charge >= 0.3 is 0 Å². The molecule has 220 valence electrons. The minimum Gasteiger partial charge on any atom is -0.508 e. The number of ketones is 1. The van der Waals surface area contributed by atoms with Crippen LogP contribution in [0.15, 0.2) is 29.4 Å². The van der Waals surface area contributed by atoms with E-state index in [9.17, 15) is 29.1 Å². The van der Waals surface area contributed by atoms with Crippen molar-refractivity contribution in [3.63, 3.8) is 0 Å². The van der Waals surface area contributed by atoms with E-state index in [4.69, 9.17) is 16.0 Å². The van der Waals surface area contributed by atoms with E-state index in [2.05, 4.69) is 26.0 Å². The Hall–Kier alpha value is -4.16. The third-order valence-corrected chi connectivity index (χ3v) is 5.65. The number of ether oxygens (including phenoxy) is 1. The number of aromatic hydroxyl groups is 1. The summed E-state index contributed by atoms with van der Waals surface area (Å²) < 4.78 is 5.21. The van der Waals surface area contributed by atoms with Crippen LogP contribution in [0.25, 0.3) is 10.4 Å². The van der Waals surface area contributed by atoms with Crippen LogP contribution in [0.3, 0.4) is 0 Å². The highest BCUT2D eigenvalue weighted by Crippen LogP contribution is 2.17. The smallest absolute Gasteiger partial charge is 0.243 e. The van der Waals surface area contributed by atoms with Gasteiger partial charge in [0.25, 0.3) is 0 Å². The lowest BCUT2D eigenvalue weighted by atomic mass is 9.92. The Balaban J connectivity index is 2.93. The molecular weight excluding hydrogens is 522 g/mol. The molecule has 3 atom stereocenters. The molecular formula is C26H39N7O7. The molecule has 0 saturated heterocycles. The Morgan fingerprint density at radius 3 is 2.23 bits per heavy atom. The maximum Gasteiger partial charge on any atom is 0.243 e. The van der Waals surface area contributed by atoms with Crippen molar-refractivity contribution < 1.29 is 33.8 Å². The minimum absolute atomic E-state index is 0.0228. The number of phenols is 1. The van der Waals surface area contributed by atoms with Crippen LogP contribution in [0.4, 0.5) is 0 Å². The summed E-state index contributed by atoms with van der Waals surface area (Å²) in [6, 6.07) is 3.91. The first-order valence-electron chi connectivity index (χ1n) is 13.0. The predicted octanol–water partition coefficient (Wildman–Crippen LogP) is 0.864. The number of nitrogens with zero attached hydrogens (tertiary/aromatic N) is 3. The molecule has 0 saturated carbocycles. The lowest BCUT2D eigenvalue weighted by Gasteiger charge is -2.25. The second-order valence-corrected chi connectivity index (χ2v) is 9.75. The number of hydrogen-bond acceptors (Lipinski definition) is 8. The standard InChI is InChI=1S/C26H39N7O7/c1-16(2)12-21(31-24(37)19(13-17(3)34)14-18-4-6-20(35)7-5-18)26(39)32-22(15-23(27)36)25(38)29-8-10-40-11-9-30-33-28/h4-7,16,19,21-22,35H,8-15H2,1-3H3,(H2,27,36)(H,29,38)(H,31,37)(H,32,39)/t19-,21+,22-/m0/s1. The maximum atomic E-state index is 13.2. The molecule has 0 radical (unpaired) electrons. The molecule has 40 heavy (non-hydrogen) atoms. The molecule has 6 N–H and O–H groups in total. The van der Waals surface area contributed by atoms with Crippen molar-refractivity contribution in [2.75, 3.05) is 26.3 Å². The predicted molar refractivity (Wildman–Crippen MR) is 146 cm³/mol. The zero-order valence-corrected chi connectivity index (χ0v) is 23.1. The molecule has 1 aromatic carbocycles. The molecule has 0 fully saturated rings. The number of Topliss-reactive ketones (excluding diaryl/α,β-unsaturated/α-hetero) is 1. The summed E-state index contributed by atoms with van der Waals surface area (Å²) in [4.78, 5) is 65.2. The number of rotatable bonds is 19. The van der Waals surface area contributed by atoms with Gasteiger partial charge in [0.1, 0.15) is 23.6 Å². The Morgan fingerprint density at radius 2 is 1.65 bits per heavy atom. The first-order chi connectivity index (χ1) is 18.9. The summed E-state index contributed by atoms with van der Waals surface area (Å²) in [6.07, 6.45) is -0.0846. The number of carbonyl (C=O) groups excluding carboxylic acids is 5. The molecule has 0 bridgehead atoms. The molecule has 0 aromatic heterocycles. The van der Waals surface area contributed by atoms with Crippen LogP contribution in [0.1, 0.15) is 45.6 Å². The Bertz CT molecular complexity index is 1060. The minimum atomic E-state index is -1.29. The van der Waals surface area contributed by atoms with Crippen LogP contribution < -0.4 is 21.7 Å². The average molecular weight is 562 g/mol. The molecule has 1 aromatic rings. The van der Waals surface area contributed by atoms with Crippen molar-refractivity contribution in [3.05, 3.63) is 40.3 Å². The molecule has 0 aliphatic rings. The number of nitrogens with two attached hydrogens (primary N) is 1. The van der Waals surface area contributed by atoms with Gasteiger partial charge in [-0.15, -0.1) is 0 Å². The van der Waals surface area contributed by atoms with E-state index in [1.165, 1.54) is 19.1 Å². The van der Waals surface area contributed by atoms with Gasteiger partial charge in [0.15, 0.2) is 0 Å². The van der Waals surface area contributed by atoms with Gasteiger partial charge in [0.05, 0.1) is 19.6 Å². The number of nitrogens with one attached hydrogen (secondary N) is 3. The average Bonchev–Trinajstić information content (AvgIpc) is 2.87. The third-order valence-electron chi connectivity index (χ3n) is 5.65.